The average molecular weight is 469 g/mol. The molecule has 4 rings (SSSR count). The van der Waals surface area contributed by atoms with Gasteiger partial charge in [-0.1, -0.05) is 44.6 Å². The van der Waals surface area contributed by atoms with Gasteiger partial charge in [-0.2, -0.15) is 0 Å². The number of carbonyl (C=O) groups excluding carboxylic acids is 1. The largest absolute Gasteiger partial charge is 0.493 e. The van der Waals surface area contributed by atoms with Crippen LogP contribution >= 0.6 is 0 Å². The van der Waals surface area contributed by atoms with E-state index in [0.29, 0.717) is 35.1 Å². The minimum Gasteiger partial charge on any atom is -0.493 e. The van der Waals surface area contributed by atoms with Gasteiger partial charge in [0.1, 0.15) is 0 Å². The summed E-state index contributed by atoms with van der Waals surface area (Å²) in [5.74, 6) is 2.54. The molecule has 1 saturated heterocycles. The number of nitrogens with zero attached hydrogens (tertiary/aromatic N) is 2. The molecule has 2 aliphatic carbocycles. The van der Waals surface area contributed by atoms with Crippen molar-refractivity contribution >= 4 is 18.0 Å². The van der Waals surface area contributed by atoms with Gasteiger partial charge in [-0.15, -0.1) is 0 Å². The third kappa shape index (κ3) is 5.42. The predicted molar refractivity (Wildman–Crippen MR) is 135 cm³/mol. The van der Waals surface area contributed by atoms with Gasteiger partial charge < -0.3 is 14.2 Å². The Morgan fingerprint density at radius 1 is 0.941 bits per heavy atom. The van der Waals surface area contributed by atoms with Crippen molar-refractivity contribution in [3.05, 3.63) is 29.5 Å². The first kappa shape index (κ1) is 24.6. The van der Waals surface area contributed by atoms with Crippen LogP contribution < -0.4 is 9.47 Å². The molecule has 3 fully saturated rings. The minimum absolute atomic E-state index is 0.0707. The number of amides is 1. The number of aliphatic imine (C=N–C) groups is 1. The molecule has 6 nitrogen and oxygen atoms in total. The van der Waals surface area contributed by atoms with E-state index < -0.39 is 0 Å². The zero-order valence-corrected chi connectivity index (χ0v) is 21.2. The molecular formula is C28H40N2O4. The molecular weight excluding hydrogens is 428 g/mol. The molecule has 1 aromatic carbocycles. The van der Waals surface area contributed by atoms with E-state index in [9.17, 15) is 4.79 Å². The summed E-state index contributed by atoms with van der Waals surface area (Å²) in [5.41, 5.74) is 0.827. The van der Waals surface area contributed by atoms with E-state index in [1.807, 2.05) is 23.1 Å². The maximum Gasteiger partial charge on any atom is 0.300 e. The van der Waals surface area contributed by atoms with E-state index in [1.165, 1.54) is 51.4 Å². The van der Waals surface area contributed by atoms with Gasteiger partial charge in [0.25, 0.3) is 5.91 Å². The molecule has 2 unspecified atom stereocenters. The number of ether oxygens (including phenoxy) is 3. The molecule has 0 radical (unpaired) electrons. The Morgan fingerprint density at radius 2 is 1.56 bits per heavy atom. The summed E-state index contributed by atoms with van der Waals surface area (Å²) in [4.78, 5) is 20.5. The molecule has 186 valence electrons. The van der Waals surface area contributed by atoms with Crippen LogP contribution in [0.4, 0.5) is 0 Å². The normalized spacial score (nSPS) is 24.4. The lowest BCUT2D eigenvalue weighted by Crippen LogP contribution is -2.43. The maximum absolute atomic E-state index is 13.6. The summed E-state index contributed by atoms with van der Waals surface area (Å²) in [5, 5.41) is 0. The van der Waals surface area contributed by atoms with E-state index in [0.717, 1.165) is 18.4 Å². The van der Waals surface area contributed by atoms with Crippen LogP contribution in [0.15, 0.2) is 29.0 Å². The van der Waals surface area contributed by atoms with Crippen molar-refractivity contribution in [1.82, 2.24) is 4.90 Å². The molecule has 1 aromatic rings. The van der Waals surface area contributed by atoms with Crippen molar-refractivity contribution < 1.29 is 19.0 Å². The van der Waals surface area contributed by atoms with Crippen molar-refractivity contribution in [3.8, 4) is 11.5 Å². The second kappa shape index (κ2) is 11.3. The average Bonchev–Trinajstić information content (AvgIpc) is 3.18. The molecule has 3 aliphatic rings. The van der Waals surface area contributed by atoms with Crippen LogP contribution in [0.2, 0.25) is 0 Å². The van der Waals surface area contributed by atoms with E-state index in [4.69, 9.17) is 19.2 Å². The molecule has 0 bridgehead atoms. The Morgan fingerprint density at radius 3 is 2.18 bits per heavy atom. The lowest BCUT2D eigenvalue weighted by Gasteiger charge is -2.33. The van der Waals surface area contributed by atoms with Gasteiger partial charge in [-0.05, 0) is 75.1 Å². The van der Waals surface area contributed by atoms with E-state index >= 15 is 0 Å². The second-order valence-electron chi connectivity index (χ2n) is 10.1. The standard InChI is InChI=1S/C28H40N2O4/c1-19(22-11-7-5-8-12-22)29-28-30(20(2)23-13-9-6-10-14-23)27(31)26(34-28)18-21-15-16-24(32-3)25(17-21)33-4/h15-20,22-23H,5-14H2,1-4H3/b26-18+,29-28?. The fourth-order valence-electron chi connectivity index (χ4n) is 5.75. The lowest BCUT2D eigenvalue weighted by atomic mass is 9.84. The second-order valence-corrected chi connectivity index (χ2v) is 10.1. The Balaban J connectivity index is 1.63. The van der Waals surface area contributed by atoms with Crippen LogP contribution in [0, 0.1) is 11.8 Å². The minimum atomic E-state index is -0.0950. The molecule has 2 atom stereocenters. The first-order chi connectivity index (χ1) is 16.5. The summed E-state index contributed by atoms with van der Waals surface area (Å²) in [6.45, 7) is 4.34. The third-order valence-corrected chi connectivity index (χ3v) is 7.93. The van der Waals surface area contributed by atoms with Gasteiger partial charge in [0, 0.05) is 6.04 Å². The quantitative estimate of drug-likeness (QED) is 0.447. The fourth-order valence-corrected chi connectivity index (χ4v) is 5.75. The zero-order valence-electron chi connectivity index (χ0n) is 21.2. The number of benzene rings is 1. The Kier molecular flexibility index (Phi) is 8.17. The smallest absolute Gasteiger partial charge is 0.300 e. The molecule has 0 spiro atoms. The third-order valence-electron chi connectivity index (χ3n) is 7.93. The number of rotatable bonds is 7. The van der Waals surface area contributed by atoms with Crippen molar-refractivity contribution in [2.75, 3.05) is 14.2 Å². The molecule has 6 heteroatoms. The van der Waals surface area contributed by atoms with Crippen LogP contribution in [-0.4, -0.2) is 43.1 Å². The highest BCUT2D eigenvalue weighted by molar-refractivity contribution is 6.11. The van der Waals surface area contributed by atoms with E-state index in [1.54, 1.807) is 20.3 Å². The molecule has 0 N–H and O–H groups in total. The van der Waals surface area contributed by atoms with Crippen LogP contribution in [0.3, 0.4) is 0 Å². The van der Waals surface area contributed by atoms with Crippen LogP contribution in [-0.2, 0) is 9.53 Å². The van der Waals surface area contributed by atoms with Gasteiger partial charge in [0.05, 0.1) is 20.3 Å². The number of methoxy groups -OCH3 is 2. The van der Waals surface area contributed by atoms with Crippen LogP contribution in [0.5, 0.6) is 11.5 Å². The Hall–Kier alpha value is -2.50. The monoisotopic (exact) mass is 468 g/mol. The number of hydrogen-bond acceptors (Lipinski definition) is 5. The van der Waals surface area contributed by atoms with Crippen LogP contribution in [0.25, 0.3) is 6.08 Å². The molecule has 2 saturated carbocycles. The summed E-state index contributed by atoms with van der Waals surface area (Å²) in [6.07, 6.45) is 14.1. The van der Waals surface area contributed by atoms with Gasteiger partial charge in [-0.3, -0.25) is 9.69 Å². The van der Waals surface area contributed by atoms with Crippen molar-refractivity contribution in [2.24, 2.45) is 16.8 Å². The van der Waals surface area contributed by atoms with Crippen molar-refractivity contribution in [1.29, 1.82) is 0 Å². The Labute approximate surface area is 204 Å². The van der Waals surface area contributed by atoms with Gasteiger partial charge in [0.2, 0.25) is 0 Å². The fraction of sp³-hybridized carbons (Fsp3) is 0.643. The molecule has 0 aromatic heterocycles. The first-order valence-electron chi connectivity index (χ1n) is 13.0. The molecule has 1 amide bonds. The summed E-state index contributed by atoms with van der Waals surface area (Å²) >= 11 is 0. The Bertz CT molecular complexity index is 913. The number of hydrogen-bond donors (Lipinski definition) is 0. The maximum atomic E-state index is 13.6. The van der Waals surface area contributed by atoms with Gasteiger partial charge >= 0.3 is 6.02 Å². The van der Waals surface area contributed by atoms with E-state index in [2.05, 4.69) is 13.8 Å². The SMILES string of the molecule is COc1ccc(/C=C2/OC(=NC(C)C3CCCCC3)N(C(C)C3CCCCC3)C2=O)cc1OC. The highest BCUT2D eigenvalue weighted by Gasteiger charge is 2.41. The highest BCUT2D eigenvalue weighted by Crippen LogP contribution is 2.35. The van der Waals surface area contributed by atoms with Gasteiger partial charge in [-0.25, -0.2) is 4.99 Å². The van der Waals surface area contributed by atoms with E-state index in [-0.39, 0.29) is 18.0 Å². The van der Waals surface area contributed by atoms with Gasteiger partial charge in [0.15, 0.2) is 17.3 Å². The summed E-state index contributed by atoms with van der Waals surface area (Å²) < 4.78 is 17.0. The van der Waals surface area contributed by atoms with Crippen LogP contribution in [0.1, 0.15) is 83.6 Å². The molecule has 34 heavy (non-hydrogen) atoms. The number of carbonyl (C=O) groups is 1. The predicted octanol–water partition coefficient (Wildman–Crippen LogP) is 6.20. The highest BCUT2D eigenvalue weighted by atomic mass is 16.5. The summed E-state index contributed by atoms with van der Waals surface area (Å²) in [7, 11) is 3.22. The lowest BCUT2D eigenvalue weighted by molar-refractivity contribution is -0.125. The summed E-state index contributed by atoms with van der Waals surface area (Å²) in [6, 6.07) is 6.29. The zero-order chi connectivity index (χ0) is 24.1. The molecule has 1 heterocycles. The molecule has 1 aliphatic heterocycles. The topological polar surface area (TPSA) is 60.4 Å². The number of amidine groups is 1. The first-order valence-corrected chi connectivity index (χ1v) is 13.0. The van der Waals surface area contributed by atoms with Crippen molar-refractivity contribution in [3.63, 3.8) is 0 Å². The van der Waals surface area contributed by atoms with Crippen molar-refractivity contribution in [2.45, 2.75) is 90.1 Å².